The molecule has 2 heterocycles. The summed E-state index contributed by atoms with van der Waals surface area (Å²) in [5.41, 5.74) is 4.52. The summed E-state index contributed by atoms with van der Waals surface area (Å²) in [6, 6.07) is 12.9. The molecule has 0 aliphatic heterocycles. The van der Waals surface area contributed by atoms with E-state index >= 15 is 0 Å². The van der Waals surface area contributed by atoms with Crippen LogP contribution in [0, 0.1) is 13.8 Å². The third-order valence-electron chi connectivity index (χ3n) is 4.67. The molecule has 1 amide bonds. The Labute approximate surface area is 176 Å². The average Bonchev–Trinajstić information content (AvgIpc) is 3.10. The smallest absolute Gasteiger partial charge is 0.263 e. The molecular formula is C22H18ClN3O2S. The van der Waals surface area contributed by atoms with E-state index in [4.69, 9.17) is 11.6 Å². The van der Waals surface area contributed by atoms with Crippen LogP contribution in [0.25, 0.3) is 21.3 Å². The van der Waals surface area contributed by atoms with Gasteiger partial charge in [0.15, 0.2) is 0 Å². The molecule has 0 spiro atoms. The first-order chi connectivity index (χ1) is 13.9. The summed E-state index contributed by atoms with van der Waals surface area (Å²) in [5, 5.41) is 5.85. The number of hydrogen-bond donors (Lipinski definition) is 1. The van der Waals surface area contributed by atoms with Gasteiger partial charge >= 0.3 is 0 Å². The van der Waals surface area contributed by atoms with Gasteiger partial charge in [0.05, 0.1) is 11.7 Å². The first kappa shape index (κ1) is 19.4. The molecule has 0 atom stereocenters. The van der Waals surface area contributed by atoms with Crippen molar-refractivity contribution < 1.29 is 4.79 Å². The second kappa shape index (κ2) is 7.81. The van der Waals surface area contributed by atoms with Crippen molar-refractivity contribution in [3.05, 3.63) is 80.7 Å². The molecule has 0 aliphatic rings. The molecule has 7 heteroatoms. The number of anilines is 1. The first-order valence-corrected chi connectivity index (χ1v) is 10.3. The van der Waals surface area contributed by atoms with Gasteiger partial charge < -0.3 is 5.32 Å². The van der Waals surface area contributed by atoms with Crippen LogP contribution in [0.5, 0.6) is 0 Å². The SMILES string of the molecule is Cc1ccc(-c2csc3ncn(CC(=O)Nc4ccc(Cl)cc4)c(=O)c23)c(C)c1. The lowest BCUT2D eigenvalue weighted by Crippen LogP contribution is -2.27. The van der Waals surface area contributed by atoms with Crippen LogP contribution < -0.4 is 10.9 Å². The van der Waals surface area contributed by atoms with E-state index in [1.165, 1.54) is 27.8 Å². The van der Waals surface area contributed by atoms with Crippen LogP contribution in [0.15, 0.2) is 59.0 Å². The maximum atomic E-state index is 13.1. The van der Waals surface area contributed by atoms with Gasteiger partial charge in [-0.15, -0.1) is 11.3 Å². The van der Waals surface area contributed by atoms with Crippen LogP contribution in [0.4, 0.5) is 5.69 Å². The number of fused-ring (bicyclic) bond motifs is 1. The summed E-state index contributed by atoms with van der Waals surface area (Å²) in [6.07, 6.45) is 1.42. The number of hydrogen-bond acceptors (Lipinski definition) is 4. The Balaban J connectivity index is 1.68. The largest absolute Gasteiger partial charge is 0.325 e. The molecule has 0 saturated carbocycles. The maximum Gasteiger partial charge on any atom is 0.263 e. The minimum absolute atomic E-state index is 0.118. The van der Waals surface area contributed by atoms with Crippen molar-refractivity contribution in [3.8, 4) is 11.1 Å². The lowest BCUT2D eigenvalue weighted by Gasteiger charge is -2.09. The molecule has 0 saturated heterocycles. The maximum absolute atomic E-state index is 13.1. The van der Waals surface area contributed by atoms with Gasteiger partial charge in [-0.1, -0.05) is 35.4 Å². The number of nitrogens with zero attached hydrogens (tertiary/aromatic N) is 2. The molecule has 146 valence electrons. The van der Waals surface area contributed by atoms with Crippen molar-refractivity contribution in [2.45, 2.75) is 20.4 Å². The molecule has 0 radical (unpaired) electrons. The number of nitrogens with one attached hydrogen (secondary N) is 1. The number of benzene rings is 2. The van der Waals surface area contributed by atoms with E-state index in [0.29, 0.717) is 20.9 Å². The molecule has 5 nitrogen and oxygen atoms in total. The van der Waals surface area contributed by atoms with Crippen LogP contribution in [0.2, 0.25) is 5.02 Å². The topological polar surface area (TPSA) is 64.0 Å². The molecule has 1 N–H and O–H groups in total. The summed E-state index contributed by atoms with van der Waals surface area (Å²) >= 11 is 7.29. The summed E-state index contributed by atoms with van der Waals surface area (Å²) in [5.74, 6) is -0.307. The number of thiophene rings is 1. The van der Waals surface area contributed by atoms with E-state index in [0.717, 1.165) is 16.7 Å². The van der Waals surface area contributed by atoms with E-state index in [1.807, 2.05) is 31.4 Å². The number of carbonyl (C=O) groups is 1. The molecule has 29 heavy (non-hydrogen) atoms. The van der Waals surface area contributed by atoms with Crippen molar-refractivity contribution in [1.82, 2.24) is 9.55 Å². The zero-order chi connectivity index (χ0) is 20.5. The monoisotopic (exact) mass is 423 g/mol. The Bertz CT molecular complexity index is 1280. The fraction of sp³-hybridized carbons (Fsp3) is 0.136. The summed E-state index contributed by atoms with van der Waals surface area (Å²) in [7, 11) is 0. The summed E-state index contributed by atoms with van der Waals surface area (Å²) in [6.45, 7) is 3.95. The number of aromatic nitrogens is 2. The Morgan fingerprint density at radius 1 is 1.14 bits per heavy atom. The predicted octanol–water partition coefficient (Wildman–Crippen LogP) is 5.03. The lowest BCUT2D eigenvalue weighted by atomic mass is 9.99. The Hall–Kier alpha value is -2.96. The van der Waals surface area contributed by atoms with Crippen molar-refractivity contribution in [1.29, 1.82) is 0 Å². The average molecular weight is 424 g/mol. The molecular weight excluding hydrogens is 406 g/mol. The van der Waals surface area contributed by atoms with Crippen LogP contribution in [0.3, 0.4) is 0 Å². The van der Waals surface area contributed by atoms with Gasteiger partial charge in [-0.2, -0.15) is 0 Å². The highest BCUT2D eigenvalue weighted by Gasteiger charge is 2.16. The van der Waals surface area contributed by atoms with Crippen molar-refractivity contribution in [3.63, 3.8) is 0 Å². The molecule has 0 unspecified atom stereocenters. The second-order valence-electron chi connectivity index (χ2n) is 6.88. The highest BCUT2D eigenvalue weighted by atomic mass is 35.5. The molecule has 4 aromatic rings. The number of halogens is 1. The Kier molecular flexibility index (Phi) is 5.22. The fourth-order valence-electron chi connectivity index (χ4n) is 3.28. The second-order valence-corrected chi connectivity index (χ2v) is 8.18. The molecule has 0 bridgehead atoms. The highest BCUT2D eigenvalue weighted by molar-refractivity contribution is 7.17. The van der Waals surface area contributed by atoms with E-state index in [1.54, 1.807) is 24.3 Å². The van der Waals surface area contributed by atoms with Gasteiger partial charge in [-0.3, -0.25) is 14.2 Å². The van der Waals surface area contributed by atoms with Gasteiger partial charge in [0.25, 0.3) is 5.56 Å². The Morgan fingerprint density at radius 2 is 1.90 bits per heavy atom. The number of rotatable bonds is 4. The van der Waals surface area contributed by atoms with Crippen molar-refractivity contribution >= 4 is 44.7 Å². The zero-order valence-electron chi connectivity index (χ0n) is 15.9. The van der Waals surface area contributed by atoms with E-state index in [9.17, 15) is 9.59 Å². The van der Waals surface area contributed by atoms with E-state index in [2.05, 4.69) is 16.4 Å². The summed E-state index contributed by atoms with van der Waals surface area (Å²) < 4.78 is 1.34. The van der Waals surface area contributed by atoms with Gasteiger partial charge in [0.1, 0.15) is 11.4 Å². The van der Waals surface area contributed by atoms with Crippen LogP contribution >= 0.6 is 22.9 Å². The number of aryl methyl sites for hydroxylation is 2. The van der Waals surface area contributed by atoms with Crippen molar-refractivity contribution in [2.75, 3.05) is 5.32 Å². The van der Waals surface area contributed by atoms with E-state index < -0.39 is 0 Å². The highest BCUT2D eigenvalue weighted by Crippen LogP contribution is 2.33. The predicted molar refractivity (Wildman–Crippen MR) is 119 cm³/mol. The quantitative estimate of drug-likeness (QED) is 0.500. The fourth-order valence-corrected chi connectivity index (χ4v) is 4.31. The van der Waals surface area contributed by atoms with Gasteiger partial charge in [0, 0.05) is 21.7 Å². The van der Waals surface area contributed by atoms with Gasteiger partial charge in [-0.05, 0) is 49.2 Å². The molecule has 0 aliphatic carbocycles. The summed E-state index contributed by atoms with van der Waals surface area (Å²) in [4.78, 5) is 30.6. The minimum Gasteiger partial charge on any atom is -0.325 e. The molecule has 2 aromatic carbocycles. The van der Waals surface area contributed by atoms with E-state index in [-0.39, 0.29) is 18.0 Å². The number of amides is 1. The Morgan fingerprint density at radius 3 is 2.62 bits per heavy atom. The third kappa shape index (κ3) is 3.95. The zero-order valence-corrected chi connectivity index (χ0v) is 17.5. The molecule has 0 fully saturated rings. The number of carbonyl (C=O) groups excluding carboxylic acids is 1. The van der Waals surface area contributed by atoms with Crippen LogP contribution in [-0.4, -0.2) is 15.5 Å². The van der Waals surface area contributed by atoms with Crippen LogP contribution in [0.1, 0.15) is 11.1 Å². The third-order valence-corrected chi connectivity index (χ3v) is 5.81. The molecule has 2 aromatic heterocycles. The first-order valence-electron chi connectivity index (χ1n) is 9.02. The molecule has 4 rings (SSSR count). The minimum atomic E-state index is -0.307. The van der Waals surface area contributed by atoms with Crippen molar-refractivity contribution in [2.24, 2.45) is 0 Å². The van der Waals surface area contributed by atoms with Gasteiger partial charge in [-0.25, -0.2) is 4.98 Å². The standard InChI is InChI=1S/C22H18ClN3O2S/c1-13-3-8-17(14(2)9-13)18-11-29-21-20(18)22(28)26(12-24-21)10-19(27)25-16-6-4-15(23)5-7-16/h3-9,11-12H,10H2,1-2H3,(H,25,27). The normalized spacial score (nSPS) is 11.0. The van der Waals surface area contributed by atoms with Crippen LogP contribution in [-0.2, 0) is 11.3 Å². The lowest BCUT2D eigenvalue weighted by molar-refractivity contribution is -0.116. The van der Waals surface area contributed by atoms with Gasteiger partial charge in [0.2, 0.25) is 5.91 Å².